The first-order chi connectivity index (χ1) is 19.6. The topological polar surface area (TPSA) is 59.8 Å². The maximum Gasteiger partial charge on any atom is 0.254 e. The van der Waals surface area contributed by atoms with Gasteiger partial charge in [-0.1, -0.05) is 33.6 Å². The molecule has 8 heteroatoms. The van der Waals surface area contributed by atoms with Gasteiger partial charge < -0.3 is 5.32 Å². The average Bonchev–Trinajstić information content (AvgIpc) is 3.59. The smallest absolute Gasteiger partial charge is 0.254 e. The standard InChI is InChI=1S/C33H41F3N4O/c1-5-6-23-7-10-30(33(35,36)15-23)22(4)20(2)11-24-13-27(18-37-16-24)40-19-25(17-38-40)28-14-29(31(34)12-21(28)3)32(41)39-26-8-9-26/h12-14,16-20,22-23,26,30H,5-11,15H2,1-4H3,(H,39,41)/t20?,22?,23?,30-/m0/s1. The molecule has 2 aromatic heterocycles. The number of aromatic nitrogens is 3. The second kappa shape index (κ2) is 12.0. The van der Waals surface area contributed by atoms with Crippen molar-refractivity contribution < 1.29 is 18.0 Å². The number of aryl methyl sites for hydroxylation is 1. The predicted molar refractivity (Wildman–Crippen MR) is 155 cm³/mol. The molecule has 0 spiro atoms. The van der Waals surface area contributed by atoms with Gasteiger partial charge in [0.15, 0.2) is 0 Å². The van der Waals surface area contributed by atoms with Gasteiger partial charge >= 0.3 is 0 Å². The van der Waals surface area contributed by atoms with Crippen molar-refractivity contribution in [1.29, 1.82) is 0 Å². The van der Waals surface area contributed by atoms with Crippen molar-refractivity contribution in [2.75, 3.05) is 0 Å². The first-order valence-corrected chi connectivity index (χ1v) is 15.0. The zero-order valence-corrected chi connectivity index (χ0v) is 24.5. The van der Waals surface area contributed by atoms with Gasteiger partial charge in [-0.15, -0.1) is 0 Å². The van der Waals surface area contributed by atoms with Gasteiger partial charge in [0.05, 0.1) is 23.6 Å². The molecular weight excluding hydrogens is 525 g/mol. The van der Waals surface area contributed by atoms with Crippen molar-refractivity contribution in [1.82, 2.24) is 20.1 Å². The number of carbonyl (C=O) groups is 1. The first kappa shape index (κ1) is 29.3. The minimum atomic E-state index is -2.62. The SMILES string of the molecule is CCCC1CC[C@@H](C(C)C(C)Cc2cncc(-n3cc(-c4cc(C(=O)NC5CC5)c(F)cc4C)cn3)c2)C(F)(F)C1. The Balaban J connectivity index is 1.29. The summed E-state index contributed by atoms with van der Waals surface area (Å²) in [6.45, 7) is 7.91. The number of nitrogens with zero attached hydrogens (tertiary/aromatic N) is 3. The van der Waals surface area contributed by atoms with Gasteiger partial charge in [-0.2, -0.15) is 5.10 Å². The molecule has 0 aliphatic heterocycles. The van der Waals surface area contributed by atoms with E-state index in [2.05, 4.69) is 29.2 Å². The number of carbonyl (C=O) groups excluding carboxylic acids is 1. The highest BCUT2D eigenvalue weighted by Gasteiger charge is 2.47. The Hall–Kier alpha value is -3.16. The van der Waals surface area contributed by atoms with E-state index < -0.39 is 23.6 Å². The van der Waals surface area contributed by atoms with E-state index >= 15 is 8.78 Å². The monoisotopic (exact) mass is 566 g/mol. The van der Waals surface area contributed by atoms with Gasteiger partial charge in [0.1, 0.15) is 5.82 Å². The highest BCUT2D eigenvalue weighted by molar-refractivity contribution is 5.96. The van der Waals surface area contributed by atoms with Crippen LogP contribution in [0.5, 0.6) is 0 Å². The van der Waals surface area contributed by atoms with E-state index in [1.165, 1.54) is 6.07 Å². The summed E-state index contributed by atoms with van der Waals surface area (Å²) in [6.07, 6.45) is 12.9. The van der Waals surface area contributed by atoms with Crippen molar-refractivity contribution in [3.8, 4) is 16.8 Å². The number of hydrogen-bond donors (Lipinski definition) is 1. The summed E-state index contributed by atoms with van der Waals surface area (Å²) in [4.78, 5) is 17.0. The van der Waals surface area contributed by atoms with Gasteiger partial charge in [0.2, 0.25) is 0 Å². The van der Waals surface area contributed by atoms with Crippen LogP contribution in [0.2, 0.25) is 0 Å². The van der Waals surface area contributed by atoms with E-state index in [-0.39, 0.29) is 35.8 Å². The van der Waals surface area contributed by atoms with Crippen LogP contribution < -0.4 is 5.32 Å². The molecule has 5 nitrogen and oxygen atoms in total. The van der Waals surface area contributed by atoms with E-state index in [0.717, 1.165) is 54.5 Å². The molecule has 2 heterocycles. The molecule has 2 aliphatic carbocycles. The largest absolute Gasteiger partial charge is 0.349 e. The minimum Gasteiger partial charge on any atom is -0.349 e. The molecule has 220 valence electrons. The molecule has 1 aromatic carbocycles. The lowest BCUT2D eigenvalue weighted by Gasteiger charge is -2.41. The van der Waals surface area contributed by atoms with Crippen LogP contribution >= 0.6 is 0 Å². The highest BCUT2D eigenvalue weighted by Crippen LogP contribution is 2.48. The Bertz CT molecular complexity index is 1380. The van der Waals surface area contributed by atoms with Crippen molar-refractivity contribution in [3.05, 3.63) is 65.5 Å². The Kier molecular flexibility index (Phi) is 8.57. The fourth-order valence-electron chi connectivity index (χ4n) is 6.48. The van der Waals surface area contributed by atoms with E-state index in [4.69, 9.17) is 0 Å². The van der Waals surface area contributed by atoms with Crippen LogP contribution in [0.1, 0.15) is 87.2 Å². The second-order valence-corrected chi connectivity index (χ2v) is 12.5. The molecular formula is C33H41F3N4O. The maximum atomic E-state index is 15.1. The van der Waals surface area contributed by atoms with Gasteiger partial charge in [-0.3, -0.25) is 9.78 Å². The summed E-state index contributed by atoms with van der Waals surface area (Å²) in [5.74, 6) is -4.05. The number of nitrogens with one attached hydrogen (secondary N) is 1. The van der Waals surface area contributed by atoms with Crippen LogP contribution in [0, 0.1) is 36.4 Å². The second-order valence-electron chi connectivity index (χ2n) is 12.5. The summed E-state index contributed by atoms with van der Waals surface area (Å²) >= 11 is 0. The molecule has 0 bridgehead atoms. The summed E-state index contributed by atoms with van der Waals surface area (Å²) in [6, 6.07) is 5.11. The molecule has 2 fully saturated rings. The van der Waals surface area contributed by atoms with E-state index in [1.54, 1.807) is 29.3 Å². The van der Waals surface area contributed by atoms with E-state index in [0.29, 0.717) is 18.4 Å². The Labute approximate surface area is 241 Å². The number of hydrogen-bond acceptors (Lipinski definition) is 3. The molecule has 0 radical (unpaired) electrons. The van der Waals surface area contributed by atoms with Crippen molar-refractivity contribution in [2.24, 2.45) is 23.7 Å². The molecule has 3 aromatic rings. The number of rotatable bonds is 10. The van der Waals surface area contributed by atoms with E-state index in [1.807, 2.05) is 26.1 Å². The fraction of sp³-hybridized carbons (Fsp3) is 0.545. The van der Waals surface area contributed by atoms with Crippen molar-refractivity contribution in [3.63, 3.8) is 0 Å². The van der Waals surface area contributed by atoms with Crippen LogP contribution in [-0.2, 0) is 6.42 Å². The first-order valence-electron chi connectivity index (χ1n) is 15.0. The quantitative estimate of drug-likeness (QED) is 0.271. The normalized spacial score (nSPS) is 21.8. The molecule has 0 saturated heterocycles. The number of amides is 1. The maximum absolute atomic E-state index is 15.1. The van der Waals surface area contributed by atoms with Crippen LogP contribution in [0.15, 0.2) is 43.0 Å². The summed E-state index contributed by atoms with van der Waals surface area (Å²) in [5.41, 5.74) is 3.96. The number of pyridine rings is 1. The lowest BCUT2D eigenvalue weighted by atomic mass is 9.68. The van der Waals surface area contributed by atoms with E-state index in [9.17, 15) is 9.18 Å². The van der Waals surface area contributed by atoms with Crippen molar-refractivity contribution >= 4 is 5.91 Å². The Morgan fingerprint density at radius 1 is 1.12 bits per heavy atom. The third-order valence-electron chi connectivity index (χ3n) is 9.19. The summed E-state index contributed by atoms with van der Waals surface area (Å²) < 4.78 is 46.6. The molecule has 3 unspecified atom stereocenters. The number of halogens is 3. The fourth-order valence-corrected chi connectivity index (χ4v) is 6.48. The van der Waals surface area contributed by atoms with Crippen LogP contribution in [0.25, 0.3) is 16.8 Å². The van der Waals surface area contributed by atoms with Gasteiger partial charge in [-0.05, 0) is 91.7 Å². The summed E-state index contributed by atoms with van der Waals surface area (Å²) in [7, 11) is 0. The molecule has 2 aliphatic rings. The van der Waals surface area contributed by atoms with Gasteiger partial charge in [-0.25, -0.2) is 17.9 Å². The predicted octanol–water partition coefficient (Wildman–Crippen LogP) is 7.94. The molecule has 1 N–H and O–H groups in total. The Morgan fingerprint density at radius 3 is 2.61 bits per heavy atom. The minimum absolute atomic E-state index is 0.0153. The van der Waals surface area contributed by atoms with Crippen LogP contribution in [-0.4, -0.2) is 32.6 Å². The molecule has 5 rings (SSSR count). The molecule has 1 amide bonds. The van der Waals surface area contributed by atoms with Crippen LogP contribution in [0.4, 0.5) is 13.2 Å². The Morgan fingerprint density at radius 2 is 1.90 bits per heavy atom. The molecule has 41 heavy (non-hydrogen) atoms. The summed E-state index contributed by atoms with van der Waals surface area (Å²) in [5, 5.41) is 7.36. The van der Waals surface area contributed by atoms with Gasteiger partial charge in [0.25, 0.3) is 11.8 Å². The lowest BCUT2D eigenvalue weighted by Crippen LogP contribution is -2.41. The third-order valence-corrected chi connectivity index (χ3v) is 9.19. The third kappa shape index (κ3) is 6.68. The average molecular weight is 567 g/mol. The van der Waals surface area contributed by atoms with Crippen molar-refractivity contribution in [2.45, 2.75) is 91.0 Å². The lowest BCUT2D eigenvalue weighted by molar-refractivity contribution is -0.127. The van der Waals surface area contributed by atoms with Gasteiger partial charge in [0, 0.05) is 36.3 Å². The zero-order valence-electron chi connectivity index (χ0n) is 24.5. The molecule has 4 atom stereocenters. The number of benzene rings is 1. The zero-order chi connectivity index (χ0) is 29.3. The highest BCUT2D eigenvalue weighted by atomic mass is 19.3. The molecule has 2 saturated carbocycles. The van der Waals surface area contributed by atoms with Crippen LogP contribution in [0.3, 0.4) is 0 Å². The number of alkyl halides is 2.